The van der Waals surface area contributed by atoms with Crippen LogP contribution in [0.2, 0.25) is 0 Å². The van der Waals surface area contributed by atoms with E-state index >= 15 is 0 Å². The lowest BCUT2D eigenvalue weighted by Crippen LogP contribution is -2.61. The Morgan fingerprint density at radius 3 is 2.22 bits per heavy atom. The number of hydrogen-bond acceptors (Lipinski definition) is 11. The van der Waals surface area contributed by atoms with Crippen molar-refractivity contribution in [2.24, 2.45) is 50.7 Å². The summed E-state index contributed by atoms with van der Waals surface area (Å²) in [5, 5.41) is 34.5. The molecule has 0 aromatic carbocycles. The zero-order chi connectivity index (χ0) is 36.2. The monoisotopic (exact) mass is 704 g/mol. The quantitative estimate of drug-likeness (QED) is 0.278. The molecule has 5 aliphatic carbocycles. The van der Waals surface area contributed by atoms with Crippen molar-refractivity contribution in [3.8, 4) is 0 Å². The molecule has 0 unspecified atom stereocenters. The molecule has 0 radical (unpaired) electrons. The SMILES string of the molecule is CC(=O)O[C@@H]1CO[C@@H](O[C@H]2CC[C@]34C[C@]35CC[C@]3(C)[C@H]6[C@H](C)C[C@H]7O[C@@]6(O[C@@H]7C(C)(C)OC(C)=O)[C@H](O)[C@@]3(C)[C@@H]5CC[C@H]4C2(C)C)[C@H](O)[C@H]1O. The maximum absolute atomic E-state index is 12.8. The fourth-order valence-electron chi connectivity index (χ4n) is 14.7. The van der Waals surface area contributed by atoms with Gasteiger partial charge in [-0.3, -0.25) is 9.59 Å². The minimum atomic E-state index is -1.33. The highest BCUT2D eigenvalue weighted by Crippen LogP contribution is 2.90. The summed E-state index contributed by atoms with van der Waals surface area (Å²) in [5.74, 6) is -1.02. The van der Waals surface area contributed by atoms with Gasteiger partial charge in [0.25, 0.3) is 0 Å². The predicted octanol–water partition coefficient (Wildman–Crippen LogP) is 4.26. The first kappa shape index (κ1) is 35.7. The van der Waals surface area contributed by atoms with E-state index in [1.165, 1.54) is 13.8 Å². The lowest BCUT2D eigenvalue weighted by atomic mass is 9.41. The van der Waals surface area contributed by atoms with Crippen molar-refractivity contribution in [1.82, 2.24) is 0 Å². The van der Waals surface area contributed by atoms with Gasteiger partial charge in [0.15, 0.2) is 18.2 Å². The van der Waals surface area contributed by atoms with Gasteiger partial charge in [-0.2, -0.15) is 0 Å². The van der Waals surface area contributed by atoms with Crippen molar-refractivity contribution in [2.75, 3.05) is 6.61 Å². The van der Waals surface area contributed by atoms with Crippen LogP contribution in [0.1, 0.15) is 114 Å². The van der Waals surface area contributed by atoms with Gasteiger partial charge in [-0.1, -0.05) is 34.6 Å². The minimum absolute atomic E-state index is 0.0208. The Bertz CT molecular complexity index is 1430. The topological polar surface area (TPSA) is 150 Å². The number of carbonyl (C=O) groups excluding carboxylic acids is 2. The maximum Gasteiger partial charge on any atom is 0.303 e. The van der Waals surface area contributed by atoms with Crippen LogP contribution in [0.5, 0.6) is 0 Å². The number of hydrogen-bond donors (Lipinski definition) is 3. The third-order valence-corrected chi connectivity index (χ3v) is 16.6. The van der Waals surface area contributed by atoms with Gasteiger partial charge in [-0.05, 0) is 105 Å². The zero-order valence-corrected chi connectivity index (χ0v) is 31.4. The Morgan fingerprint density at radius 2 is 1.54 bits per heavy atom. The summed E-state index contributed by atoms with van der Waals surface area (Å²) >= 11 is 0. The van der Waals surface area contributed by atoms with E-state index in [0.717, 1.165) is 51.4 Å². The van der Waals surface area contributed by atoms with Gasteiger partial charge in [-0.25, -0.2) is 0 Å². The standard InChI is InChI=1S/C39H60O11/c1-19-16-22-30(34(6,7)48-21(3)41)50-39(49-22)29(19)35(8)14-15-38-18-37(38)13-12-26(47-31-28(43)27(42)23(17-45-31)46-20(2)40)33(4,5)24(37)10-11-25(38)36(35,9)32(39)44/h19,22-32,42-44H,10-18H2,1-9H3/t19-,22-,23-,24+,25+,26+,27+,28-,29-,30+,31+,32-,35-,36-,37-,38+,39+/m1/s1. The van der Waals surface area contributed by atoms with Gasteiger partial charge in [0.05, 0.1) is 18.8 Å². The van der Waals surface area contributed by atoms with Gasteiger partial charge in [0, 0.05) is 25.2 Å². The molecule has 0 aromatic heterocycles. The maximum atomic E-state index is 12.8. The van der Waals surface area contributed by atoms with Crippen LogP contribution in [0.15, 0.2) is 0 Å². The molecule has 5 saturated carbocycles. The van der Waals surface area contributed by atoms with E-state index in [4.69, 9.17) is 28.4 Å². The molecule has 3 heterocycles. The molecule has 8 fully saturated rings. The molecule has 3 saturated heterocycles. The second-order valence-corrected chi connectivity index (χ2v) is 19.4. The van der Waals surface area contributed by atoms with Crippen LogP contribution in [0.4, 0.5) is 0 Å². The van der Waals surface area contributed by atoms with E-state index in [2.05, 4.69) is 34.6 Å². The molecular formula is C39H60O11. The molecule has 8 aliphatic rings. The lowest BCUT2D eigenvalue weighted by Gasteiger charge is -2.63. The van der Waals surface area contributed by atoms with Crippen LogP contribution in [-0.2, 0) is 38.0 Å². The summed E-state index contributed by atoms with van der Waals surface area (Å²) in [6.07, 6.45) is 1.65. The summed E-state index contributed by atoms with van der Waals surface area (Å²) in [6, 6.07) is 0. The van der Waals surface area contributed by atoms with Crippen molar-refractivity contribution >= 4 is 11.9 Å². The fraction of sp³-hybridized carbons (Fsp3) is 0.949. The summed E-state index contributed by atoms with van der Waals surface area (Å²) in [5.41, 5.74) is -1.48. The summed E-state index contributed by atoms with van der Waals surface area (Å²) in [7, 11) is 0. The molecule has 3 N–H and O–H groups in total. The van der Waals surface area contributed by atoms with Crippen molar-refractivity contribution in [3.63, 3.8) is 0 Å². The van der Waals surface area contributed by atoms with E-state index in [9.17, 15) is 24.9 Å². The van der Waals surface area contributed by atoms with Gasteiger partial charge in [0.2, 0.25) is 0 Å². The Morgan fingerprint density at radius 1 is 0.860 bits per heavy atom. The van der Waals surface area contributed by atoms with Gasteiger partial charge in [0.1, 0.15) is 30.0 Å². The Kier molecular flexibility index (Phi) is 7.76. The van der Waals surface area contributed by atoms with E-state index in [1.54, 1.807) is 0 Å². The highest BCUT2D eigenvalue weighted by Gasteiger charge is 2.88. The fourth-order valence-corrected chi connectivity index (χ4v) is 14.7. The normalized spacial score (nSPS) is 55.8. The highest BCUT2D eigenvalue weighted by molar-refractivity contribution is 5.66. The molecule has 3 aliphatic heterocycles. The largest absolute Gasteiger partial charge is 0.457 e. The van der Waals surface area contributed by atoms with Crippen molar-refractivity contribution in [3.05, 3.63) is 0 Å². The lowest BCUT2D eigenvalue weighted by molar-refractivity contribution is -0.304. The van der Waals surface area contributed by atoms with Gasteiger partial charge in [-0.15, -0.1) is 0 Å². The van der Waals surface area contributed by atoms with Crippen molar-refractivity contribution in [1.29, 1.82) is 0 Å². The number of ether oxygens (including phenoxy) is 6. The first-order valence-corrected chi connectivity index (χ1v) is 19.3. The smallest absolute Gasteiger partial charge is 0.303 e. The van der Waals surface area contributed by atoms with E-state index in [0.29, 0.717) is 11.8 Å². The molecule has 11 nitrogen and oxygen atoms in total. The molecule has 11 heteroatoms. The average molecular weight is 705 g/mol. The Balaban J connectivity index is 1.05. The average Bonchev–Trinajstić information content (AvgIpc) is 3.53. The molecule has 282 valence electrons. The van der Waals surface area contributed by atoms with E-state index in [1.807, 2.05) is 13.8 Å². The zero-order valence-electron chi connectivity index (χ0n) is 31.4. The molecule has 17 atom stereocenters. The third kappa shape index (κ3) is 4.29. The number of carbonyl (C=O) groups is 2. The Hall–Kier alpha value is -1.34. The number of rotatable bonds is 5. The molecular weight excluding hydrogens is 644 g/mol. The third-order valence-electron chi connectivity index (χ3n) is 16.6. The first-order chi connectivity index (χ1) is 23.2. The summed E-state index contributed by atoms with van der Waals surface area (Å²) in [4.78, 5) is 23.6. The Labute approximate surface area is 296 Å². The number of aliphatic hydroxyl groups is 3. The molecule has 2 bridgehead atoms. The molecule has 3 spiro atoms. The highest BCUT2D eigenvalue weighted by atomic mass is 16.8. The summed E-state index contributed by atoms with van der Waals surface area (Å²) < 4.78 is 37.3. The first-order valence-electron chi connectivity index (χ1n) is 19.3. The molecule has 0 aromatic rings. The predicted molar refractivity (Wildman–Crippen MR) is 178 cm³/mol. The van der Waals surface area contributed by atoms with Gasteiger partial charge < -0.3 is 43.7 Å². The van der Waals surface area contributed by atoms with Crippen molar-refractivity contribution < 1.29 is 53.3 Å². The van der Waals surface area contributed by atoms with Crippen LogP contribution in [0.3, 0.4) is 0 Å². The van der Waals surface area contributed by atoms with Crippen LogP contribution in [-0.4, -0.2) is 94.3 Å². The summed E-state index contributed by atoms with van der Waals surface area (Å²) in [6.45, 7) is 18.1. The minimum Gasteiger partial charge on any atom is -0.457 e. The second-order valence-electron chi connectivity index (χ2n) is 19.4. The van der Waals surface area contributed by atoms with Crippen LogP contribution >= 0.6 is 0 Å². The van der Waals surface area contributed by atoms with Crippen LogP contribution in [0.25, 0.3) is 0 Å². The molecule has 0 amide bonds. The van der Waals surface area contributed by atoms with Crippen molar-refractivity contribution in [2.45, 2.75) is 174 Å². The van der Waals surface area contributed by atoms with Crippen LogP contribution in [0, 0.1) is 50.7 Å². The van der Waals surface area contributed by atoms with E-state index in [-0.39, 0.29) is 58.3 Å². The second kappa shape index (κ2) is 10.9. The molecule has 50 heavy (non-hydrogen) atoms. The number of esters is 2. The molecule has 8 rings (SSSR count). The number of aliphatic hydroxyl groups excluding tert-OH is 3. The van der Waals surface area contributed by atoms with Crippen LogP contribution < -0.4 is 0 Å². The van der Waals surface area contributed by atoms with Gasteiger partial charge >= 0.3 is 11.9 Å². The van der Waals surface area contributed by atoms with E-state index < -0.39 is 59.6 Å². The number of fused-ring (bicyclic) bond motifs is 4.